The smallest absolute Gasteiger partial charge is 0.283 e. The van der Waals surface area contributed by atoms with Gasteiger partial charge < -0.3 is 9.47 Å². The van der Waals surface area contributed by atoms with Crippen LogP contribution in [0.3, 0.4) is 0 Å². The number of rotatable bonds is 7. The molecule has 1 aliphatic heterocycles. The van der Waals surface area contributed by atoms with Crippen LogP contribution in [-0.4, -0.2) is 30.5 Å². The van der Waals surface area contributed by atoms with Crippen molar-refractivity contribution >= 4 is 57.5 Å². The minimum atomic E-state index is -0.193. The quantitative estimate of drug-likeness (QED) is 0.293. The van der Waals surface area contributed by atoms with Crippen molar-refractivity contribution in [1.82, 2.24) is 0 Å². The molecule has 4 rings (SSSR count). The number of halogens is 1. The number of nitrogens with zero attached hydrogens (tertiary/aromatic N) is 2. The maximum absolute atomic E-state index is 13.2. The summed E-state index contributed by atoms with van der Waals surface area (Å²) in [7, 11) is 1.56. The molecular weight excluding hydrogens is 464 g/mol. The highest BCUT2D eigenvalue weighted by Crippen LogP contribution is 2.34. The fraction of sp³-hybridized carbons (Fsp3) is 0.167. The fourth-order valence-corrected chi connectivity index (χ4v) is 4.86. The molecule has 0 saturated carbocycles. The molecular formula is C24H21ClN2O3S2. The van der Waals surface area contributed by atoms with Gasteiger partial charge in [-0.25, -0.2) is 4.99 Å². The van der Waals surface area contributed by atoms with Crippen molar-refractivity contribution in [2.45, 2.75) is 6.92 Å². The lowest BCUT2D eigenvalue weighted by Gasteiger charge is -2.19. The number of para-hydroxylation sites is 1. The molecule has 164 valence electrons. The first-order valence-corrected chi connectivity index (χ1v) is 12.1. The third-order valence-electron chi connectivity index (χ3n) is 4.71. The Morgan fingerprint density at radius 1 is 1.16 bits per heavy atom. The number of anilines is 1. The number of carbonyl (C=O) groups excluding carboxylic acids is 1. The molecule has 1 amide bonds. The number of benzene rings is 2. The van der Waals surface area contributed by atoms with Crippen molar-refractivity contribution in [3.05, 3.63) is 81.1 Å². The number of thioether (sulfide) groups is 1. The number of carbonyl (C=O) groups is 1. The van der Waals surface area contributed by atoms with Crippen LogP contribution in [0.25, 0.3) is 6.08 Å². The number of aryl methyl sites for hydroxylation is 1. The lowest BCUT2D eigenvalue weighted by atomic mass is 10.2. The first-order chi connectivity index (χ1) is 15.6. The lowest BCUT2D eigenvalue weighted by molar-refractivity contribution is -0.113. The Balaban J connectivity index is 1.54. The van der Waals surface area contributed by atoms with E-state index in [1.165, 1.54) is 11.8 Å². The van der Waals surface area contributed by atoms with Crippen molar-refractivity contribution in [1.29, 1.82) is 0 Å². The van der Waals surface area contributed by atoms with Gasteiger partial charge in [0.05, 0.1) is 24.4 Å². The normalized spacial score (nSPS) is 14.7. The predicted octanol–water partition coefficient (Wildman–Crippen LogP) is 6.27. The van der Waals surface area contributed by atoms with Crippen LogP contribution in [0, 0.1) is 6.92 Å². The second-order valence-electron chi connectivity index (χ2n) is 6.86. The van der Waals surface area contributed by atoms with Gasteiger partial charge in [-0.3, -0.25) is 9.69 Å². The van der Waals surface area contributed by atoms with Gasteiger partial charge in [0.25, 0.3) is 5.91 Å². The van der Waals surface area contributed by atoms with E-state index in [0.717, 1.165) is 16.2 Å². The zero-order chi connectivity index (χ0) is 22.5. The molecule has 0 bridgehead atoms. The molecule has 0 aliphatic carbocycles. The van der Waals surface area contributed by atoms with E-state index in [9.17, 15) is 4.79 Å². The first-order valence-electron chi connectivity index (χ1n) is 9.90. The summed E-state index contributed by atoms with van der Waals surface area (Å²) in [4.78, 5) is 20.4. The molecule has 0 saturated heterocycles. The average molecular weight is 485 g/mol. The summed E-state index contributed by atoms with van der Waals surface area (Å²) in [6.45, 7) is 2.50. The minimum Gasteiger partial charge on any atom is -0.495 e. The summed E-state index contributed by atoms with van der Waals surface area (Å²) in [6.07, 6.45) is 1.81. The largest absolute Gasteiger partial charge is 0.495 e. The second-order valence-corrected chi connectivity index (χ2v) is 9.31. The summed E-state index contributed by atoms with van der Waals surface area (Å²) in [5.74, 6) is 1.85. The van der Waals surface area contributed by atoms with E-state index in [4.69, 9.17) is 21.1 Å². The molecule has 1 aliphatic rings. The van der Waals surface area contributed by atoms with Crippen LogP contribution in [0.5, 0.6) is 11.5 Å². The molecule has 3 aromatic rings. The Hall–Kier alpha value is -2.74. The monoisotopic (exact) mass is 484 g/mol. The maximum Gasteiger partial charge on any atom is 0.283 e. The van der Waals surface area contributed by atoms with Crippen LogP contribution in [0.4, 0.5) is 5.69 Å². The second kappa shape index (κ2) is 10.3. The SMILES string of the molecule is COc1ccc(N2C(=O)/C(=C\c3cccs3)N=C2SCCOc2ccccc2C)cc1Cl. The van der Waals surface area contributed by atoms with Crippen molar-refractivity contribution in [2.75, 3.05) is 24.4 Å². The van der Waals surface area contributed by atoms with Crippen molar-refractivity contribution < 1.29 is 14.3 Å². The molecule has 5 nitrogen and oxygen atoms in total. The summed E-state index contributed by atoms with van der Waals surface area (Å²) in [5, 5.41) is 2.99. The standard InChI is InChI=1S/C24H21ClN2O3S2/c1-16-6-3-4-8-21(16)30-11-13-32-24-26-20(15-18-7-5-12-31-18)23(28)27(24)17-9-10-22(29-2)19(25)14-17/h3-10,12,14-15H,11,13H2,1-2H3/b20-15+. The molecule has 2 heterocycles. The molecule has 1 aromatic heterocycles. The number of amidine groups is 1. The molecule has 0 N–H and O–H groups in total. The Morgan fingerprint density at radius 3 is 2.72 bits per heavy atom. The molecule has 8 heteroatoms. The summed E-state index contributed by atoms with van der Waals surface area (Å²) < 4.78 is 11.1. The highest BCUT2D eigenvalue weighted by molar-refractivity contribution is 8.14. The number of methoxy groups -OCH3 is 1. The van der Waals surface area contributed by atoms with E-state index in [0.29, 0.717) is 39.7 Å². The van der Waals surface area contributed by atoms with E-state index in [1.807, 2.05) is 54.8 Å². The summed E-state index contributed by atoms with van der Waals surface area (Å²) >= 11 is 9.35. The number of hydrogen-bond donors (Lipinski definition) is 0. The van der Waals surface area contributed by atoms with Gasteiger partial charge in [-0.05, 0) is 54.3 Å². The fourth-order valence-electron chi connectivity index (χ4n) is 3.13. The van der Waals surface area contributed by atoms with Crippen LogP contribution in [0.15, 0.2) is 70.7 Å². The van der Waals surface area contributed by atoms with Gasteiger partial charge >= 0.3 is 0 Å². The molecule has 0 unspecified atom stereocenters. The minimum absolute atomic E-state index is 0.193. The Bertz CT molecular complexity index is 1180. The van der Waals surface area contributed by atoms with E-state index < -0.39 is 0 Å². The summed E-state index contributed by atoms with van der Waals surface area (Å²) in [6, 6.07) is 17.1. The van der Waals surface area contributed by atoms with E-state index in [1.54, 1.807) is 41.5 Å². The molecule has 0 radical (unpaired) electrons. The molecule has 0 fully saturated rings. The third-order valence-corrected chi connectivity index (χ3v) is 6.73. The van der Waals surface area contributed by atoms with Gasteiger partial charge in [-0.15, -0.1) is 11.3 Å². The summed E-state index contributed by atoms with van der Waals surface area (Å²) in [5.41, 5.74) is 2.12. The zero-order valence-corrected chi connectivity index (χ0v) is 20.0. The molecule has 0 atom stereocenters. The van der Waals surface area contributed by atoms with E-state index in [-0.39, 0.29) is 5.91 Å². The van der Waals surface area contributed by atoms with Crippen LogP contribution in [0.2, 0.25) is 5.02 Å². The van der Waals surface area contributed by atoms with E-state index in [2.05, 4.69) is 4.99 Å². The van der Waals surface area contributed by atoms with Gasteiger partial charge in [0.15, 0.2) is 5.17 Å². The topological polar surface area (TPSA) is 51.1 Å². The maximum atomic E-state index is 13.2. The van der Waals surface area contributed by atoms with Crippen molar-refractivity contribution in [3.8, 4) is 11.5 Å². The number of hydrogen-bond acceptors (Lipinski definition) is 6. The number of thiophene rings is 1. The average Bonchev–Trinajstić information content (AvgIpc) is 3.40. The highest BCUT2D eigenvalue weighted by Gasteiger charge is 2.32. The number of amides is 1. The number of aliphatic imine (C=N–C) groups is 1. The van der Waals surface area contributed by atoms with Gasteiger partial charge in [0, 0.05) is 10.6 Å². The highest BCUT2D eigenvalue weighted by atomic mass is 35.5. The van der Waals surface area contributed by atoms with Crippen LogP contribution in [0.1, 0.15) is 10.4 Å². The van der Waals surface area contributed by atoms with Crippen LogP contribution >= 0.6 is 34.7 Å². The number of ether oxygens (including phenoxy) is 2. The zero-order valence-electron chi connectivity index (χ0n) is 17.6. The Kier molecular flexibility index (Phi) is 7.19. The lowest BCUT2D eigenvalue weighted by Crippen LogP contribution is -2.30. The van der Waals surface area contributed by atoms with Crippen molar-refractivity contribution in [2.24, 2.45) is 4.99 Å². The van der Waals surface area contributed by atoms with Crippen LogP contribution in [-0.2, 0) is 4.79 Å². The van der Waals surface area contributed by atoms with Gasteiger partial charge in [0.1, 0.15) is 17.2 Å². The Labute approximate surface area is 200 Å². The predicted molar refractivity (Wildman–Crippen MR) is 134 cm³/mol. The third kappa shape index (κ3) is 5.01. The van der Waals surface area contributed by atoms with Gasteiger partial charge in [-0.2, -0.15) is 0 Å². The van der Waals surface area contributed by atoms with E-state index >= 15 is 0 Å². The molecule has 0 spiro atoms. The van der Waals surface area contributed by atoms with Crippen LogP contribution < -0.4 is 14.4 Å². The van der Waals surface area contributed by atoms with Gasteiger partial charge in [0.2, 0.25) is 0 Å². The van der Waals surface area contributed by atoms with Gasteiger partial charge in [-0.1, -0.05) is 47.6 Å². The molecule has 32 heavy (non-hydrogen) atoms. The van der Waals surface area contributed by atoms with Crippen molar-refractivity contribution in [3.63, 3.8) is 0 Å². The Morgan fingerprint density at radius 2 is 2.00 bits per heavy atom. The first kappa shape index (κ1) is 22.5. The molecule has 2 aromatic carbocycles.